The van der Waals surface area contributed by atoms with E-state index in [2.05, 4.69) is 6.92 Å². The van der Waals surface area contributed by atoms with Gasteiger partial charge in [0.2, 0.25) is 5.75 Å². The van der Waals surface area contributed by atoms with Crippen molar-refractivity contribution in [3.05, 3.63) is 17.7 Å². The summed E-state index contributed by atoms with van der Waals surface area (Å²) in [6.45, 7) is 2.28. The van der Waals surface area contributed by atoms with Gasteiger partial charge in [-0.25, -0.2) is 0 Å². The highest BCUT2D eigenvalue weighted by Gasteiger charge is 2.27. The van der Waals surface area contributed by atoms with Gasteiger partial charge in [0, 0.05) is 18.7 Å². The van der Waals surface area contributed by atoms with Crippen molar-refractivity contribution in [2.45, 2.75) is 38.6 Å². The van der Waals surface area contributed by atoms with E-state index in [9.17, 15) is 4.79 Å². The van der Waals surface area contributed by atoms with Crippen LogP contribution in [0.25, 0.3) is 0 Å². The van der Waals surface area contributed by atoms with E-state index >= 15 is 0 Å². The third kappa shape index (κ3) is 3.71. The van der Waals surface area contributed by atoms with Crippen molar-refractivity contribution < 1.29 is 19.0 Å². The number of carbonyl (C=O) groups excluding carboxylic acids is 1. The average Bonchev–Trinajstić information content (AvgIpc) is 2.59. The molecular weight excluding hydrogens is 294 g/mol. The molecule has 0 aromatic heterocycles. The summed E-state index contributed by atoms with van der Waals surface area (Å²) in [7, 11) is 6.54. The molecule has 0 bridgehead atoms. The number of methoxy groups -OCH3 is 3. The van der Waals surface area contributed by atoms with Crippen LogP contribution < -0.4 is 14.2 Å². The number of hydrogen-bond acceptors (Lipinski definition) is 4. The van der Waals surface area contributed by atoms with Gasteiger partial charge in [0.05, 0.1) is 21.3 Å². The Morgan fingerprint density at radius 2 is 1.52 bits per heavy atom. The fourth-order valence-electron chi connectivity index (χ4n) is 3.20. The zero-order valence-corrected chi connectivity index (χ0v) is 14.7. The molecule has 1 aromatic rings. The standard InChI is InChI=1S/C18H27NO4/c1-12-6-8-14(9-7-12)19(2)18(20)13-10-15(21-3)17(23-5)16(11-13)22-4/h10-12,14H,6-9H2,1-5H3. The average molecular weight is 321 g/mol. The molecule has 0 N–H and O–H groups in total. The van der Waals surface area contributed by atoms with Crippen molar-refractivity contribution in [2.75, 3.05) is 28.4 Å². The highest BCUT2D eigenvalue weighted by molar-refractivity contribution is 5.95. The number of ether oxygens (including phenoxy) is 3. The van der Waals surface area contributed by atoms with Crippen LogP contribution in [0.2, 0.25) is 0 Å². The molecule has 5 nitrogen and oxygen atoms in total. The van der Waals surface area contributed by atoms with Gasteiger partial charge in [0.25, 0.3) is 5.91 Å². The van der Waals surface area contributed by atoms with Crippen molar-refractivity contribution in [2.24, 2.45) is 5.92 Å². The largest absolute Gasteiger partial charge is 0.493 e. The lowest BCUT2D eigenvalue weighted by Gasteiger charge is -2.33. The smallest absolute Gasteiger partial charge is 0.254 e. The summed E-state index contributed by atoms with van der Waals surface area (Å²) >= 11 is 0. The van der Waals surface area contributed by atoms with Gasteiger partial charge in [0.1, 0.15) is 0 Å². The van der Waals surface area contributed by atoms with Crippen molar-refractivity contribution >= 4 is 5.91 Å². The first-order chi connectivity index (χ1) is 11.0. The molecule has 0 aliphatic heterocycles. The van der Waals surface area contributed by atoms with Gasteiger partial charge in [-0.05, 0) is 43.7 Å². The molecule has 1 aromatic carbocycles. The number of benzene rings is 1. The first-order valence-electron chi connectivity index (χ1n) is 8.09. The second-order valence-electron chi connectivity index (χ2n) is 6.24. The fourth-order valence-corrected chi connectivity index (χ4v) is 3.20. The van der Waals surface area contributed by atoms with Gasteiger partial charge in [-0.1, -0.05) is 6.92 Å². The lowest BCUT2D eigenvalue weighted by Crippen LogP contribution is -2.39. The van der Waals surface area contributed by atoms with Crippen LogP contribution in [0.15, 0.2) is 12.1 Å². The van der Waals surface area contributed by atoms with Crippen LogP contribution in [0.3, 0.4) is 0 Å². The molecular formula is C18H27NO4. The second kappa shape index (κ2) is 7.57. The Bertz CT molecular complexity index is 525. The van der Waals surface area contributed by atoms with Gasteiger partial charge in [0.15, 0.2) is 11.5 Å². The van der Waals surface area contributed by atoms with Crippen molar-refractivity contribution in [1.29, 1.82) is 0 Å². The summed E-state index contributed by atoms with van der Waals surface area (Å²) in [5.74, 6) is 2.25. The first-order valence-corrected chi connectivity index (χ1v) is 8.09. The normalized spacial score (nSPS) is 20.7. The highest BCUT2D eigenvalue weighted by atomic mass is 16.5. The second-order valence-corrected chi connectivity index (χ2v) is 6.24. The number of nitrogens with zero attached hydrogens (tertiary/aromatic N) is 1. The maximum absolute atomic E-state index is 12.8. The molecule has 0 heterocycles. The van der Waals surface area contributed by atoms with E-state index in [1.807, 2.05) is 11.9 Å². The van der Waals surface area contributed by atoms with E-state index < -0.39 is 0 Å². The lowest BCUT2D eigenvalue weighted by atomic mass is 9.86. The molecule has 0 atom stereocenters. The topological polar surface area (TPSA) is 48.0 Å². The Balaban J connectivity index is 2.24. The Kier molecular flexibility index (Phi) is 5.74. The van der Waals surface area contributed by atoms with Crippen LogP contribution >= 0.6 is 0 Å². The zero-order valence-electron chi connectivity index (χ0n) is 14.7. The molecule has 0 spiro atoms. The summed E-state index contributed by atoms with van der Waals surface area (Å²) in [6, 6.07) is 3.73. The monoisotopic (exact) mass is 321 g/mol. The van der Waals surface area contributed by atoms with E-state index in [1.54, 1.807) is 33.5 Å². The van der Waals surface area contributed by atoms with Gasteiger partial charge < -0.3 is 19.1 Å². The number of amides is 1. The van der Waals surface area contributed by atoms with Crippen molar-refractivity contribution in [3.8, 4) is 17.2 Å². The van der Waals surface area contributed by atoms with E-state index in [4.69, 9.17) is 14.2 Å². The minimum Gasteiger partial charge on any atom is -0.493 e. The zero-order chi connectivity index (χ0) is 17.0. The third-order valence-corrected chi connectivity index (χ3v) is 4.77. The summed E-state index contributed by atoms with van der Waals surface area (Å²) in [5.41, 5.74) is 0.556. The minimum absolute atomic E-state index is 0.0104. The minimum atomic E-state index is -0.0104. The fraction of sp³-hybridized carbons (Fsp3) is 0.611. The SMILES string of the molecule is COc1cc(C(=O)N(C)C2CCC(C)CC2)cc(OC)c1OC. The lowest BCUT2D eigenvalue weighted by molar-refractivity contribution is 0.0678. The van der Waals surface area contributed by atoms with Gasteiger partial charge >= 0.3 is 0 Å². The molecule has 1 fully saturated rings. The van der Waals surface area contributed by atoms with E-state index in [0.29, 0.717) is 28.9 Å². The molecule has 0 unspecified atom stereocenters. The third-order valence-electron chi connectivity index (χ3n) is 4.77. The molecule has 2 rings (SSSR count). The van der Waals surface area contributed by atoms with Crippen LogP contribution in [0.5, 0.6) is 17.2 Å². The molecule has 23 heavy (non-hydrogen) atoms. The Hall–Kier alpha value is -1.91. The van der Waals surface area contributed by atoms with Crippen molar-refractivity contribution in [3.63, 3.8) is 0 Å². The molecule has 0 saturated heterocycles. The number of rotatable bonds is 5. The van der Waals surface area contributed by atoms with Crippen LogP contribution in [-0.2, 0) is 0 Å². The van der Waals surface area contributed by atoms with Crippen molar-refractivity contribution in [1.82, 2.24) is 4.90 Å². The summed E-state index contributed by atoms with van der Waals surface area (Å²) in [6.07, 6.45) is 4.48. The van der Waals surface area contributed by atoms with Gasteiger partial charge in [-0.2, -0.15) is 0 Å². The number of carbonyl (C=O) groups is 1. The van der Waals surface area contributed by atoms with E-state index in [1.165, 1.54) is 12.8 Å². The van der Waals surface area contributed by atoms with Crippen LogP contribution in [0.4, 0.5) is 0 Å². The summed E-state index contributed by atoms with van der Waals surface area (Å²) in [5, 5.41) is 0. The van der Waals surface area contributed by atoms with Crippen LogP contribution in [-0.4, -0.2) is 45.2 Å². The molecule has 1 saturated carbocycles. The summed E-state index contributed by atoms with van der Waals surface area (Å²) < 4.78 is 16.0. The first kappa shape index (κ1) is 17.4. The van der Waals surface area contributed by atoms with E-state index in [-0.39, 0.29) is 5.91 Å². The van der Waals surface area contributed by atoms with Gasteiger partial charge in [-0.3, -0.25) is 4.79 Å². The quantitative estimate of drug-likeness (QED) is 0.834. The Morgan fingerprint density at radius 3 is 1.96 bits per heavy atom. The predicted octanol–water partition coefficient (Wildman–Crippen LogP) is 3.36. The predicted molar refractivity (Wildman–Crippen MR) is 89.6 cm³/mol. The van der Waals surface area contributed by atoms with Crippen LogP contribution in [0, 0.1) is 5.92 Å². The number of hydrogen-bond donors (Lipinski definition) is 0. The molecule has 0 radical (unpaired) electrons. The molecule has 5 heteroatoms. The summed E-state index contributed by atoms with van der Waals surface area (Å²) in [4.78, 5) is 14.7. The maximum Gasteiger partial charge on any atom is 0.254 e. The maximum atomic E-state index is 12.8. The molecule has 128 valence electrons. The molecule has 1 aliphatic carbocycles. The Morgan fingerprint density at radius 1 is 1.00 bits per heavy atom. The van der Waals surface area contributed by atoms with E-state index in [0.717, 1.165) is 18.8 Å². The molecule has 1 amide bonds. The van der Waals surface area contributed by atoms with Crippen LogP contribution in [0.1, 0.15) is 43.0 Å². The van der Waals surface area contributed by atoms with Gasteiger partial charge in [-0.15, -0.1) is 0 Å². The highest BCUT2D eigenvalue weighted by Crippen LogP contribution is 2.38. The Labute approximate surface area is 138 Å². The molecule has 1 aliphatic rings.